The predicted molar refractivity (Wildman–Crippen MR) is 136 cm³/mol. The minimum Gasteiger partial charge on any atom is -0.433 e. The van der Waals surface area contributed by atoms with Crippen LogP contribution in [0, 0.1) is 11.8 Å². The Labute approximate surface area is 225 Å². The number of nitrogens with zero attached hydrogens (tertiary/aromatic N) is 3. The topological polar surface area (TPSA) is 103 Å². The first-order chi connectivity index (χ1) is 19.2. The lowest BCUT2D eigenvalue weighted by atomic mass is 10.0. The van der Waals surface area contributed by atoms with E-state index < -0.39 is 30.1 Å². The molecule has 0 spiro atoms. The molecule has 14 heteroatoms. The maximum Gasteiger partial charge on any atom is 0.421 e. The number of carbonyl (C=O) groups excluding carboxylic acids is 1. The van der Waals surface area contributed by atoms with Gasteiger partial charge in [-0.25, -0.2) is 4.98 Å². The van der Waals surface area contributed by atoms with E-state index in [1.807, 2.05) is 0 Å². The Morgan fingerprint density at radius 3 is 2.55 bits per heavy atom. The monoisotopic (exact) mass is 561 g/mol. The van der Waals surface area contributed by atoms with E-state index in [4.69, 9.17) is 4.74 Å². The quantitative estimate of drug-likeness (QED) is 0.313. The molecule has 0 unspecified atom stereocenters. The van der Waals surface area contributed by atoms with Crippen LogP contribution in [-0.4, -0.2) is 48.7 Å². The highest BCUT2D eigenvalue weighted by Gasteiger charge is 2.37. The molecule has 0 saturated carbocycles. The summed E-state index contributed by atoms with van der Waals surface area (Å²) in [7, 11) is 0. The SMILES string of the molecule is O=C1NCc2cccc(Nc3nc(Nc4ccc(N5C[C@H]6CNC[C@H]6C5)cc4OC(F)F)ncc3C(F)(F)F)c21. The summed E-state index contributed by atoms with van der Waals surface area (Å²) in [5.74, 6) is -0.574. The Kier molecular flexibility index (Phi) is 6.56. The molecule has 0 bridgehead atoms. The van der Waals surface area contributed by atoms with Gasteiger partial charge in [-0.05, 0) is 35.6 Å². The van der Waals surface area contributed by atoms with Crippen molar-refractivity contribution in [2.24, 2.45) is 11.8 Å². The van der Waals surface area contributed by atoms with E-state index in [2.05, 4.69) is 36.1 Å². The van der Waals surface area contributed by atoms with Crippen LogP contribution < -0.4 is 30.9 Å². The molecule has 6 rings (SSSR count). The van der Waals surface area contributed by atoms with Crippen LogP contribution in [0.4, 0.5) is 50.8 Å². The average molecular weight is 562 g/mol. The molecular formula is C26H24F5N7O2. The molecule has 4 N–H and O–H groups in total. The predicted octanol–water partition coefficient (Wildman–Crippen LogP) is 4.48. The number of nitrogens with one attached hydrogen (secondary N) is 4. The van der Waals surface area contributed by atoms with Gasteiger partial charge >= 0.3 is 12.8 Å². The summed E-state index contributed by atoms with van der Waals surface area (Å²) in [6, 6.07) is 9.46. The van der Waals surface area contributed by atoms with Crippen molar-refractivity contribution in [2.75, 3.05) is 41.7 Å². The lowest BCUT2D eigenvalue weighted by molar-refractivity contribution is -0.137. The Balaban J connectivity index is 1.31. The van der Waals surface area contributed by atoms with E-state index >= 15 is 0 Å². The number of ether oxygens (including phenoxy) is 1. The van der Waals surface area contributed by atoms with Gasteiger partial charge in [-0.3, -0.25) is 4.79 Å². The smallest absolute Gasteiger partial charge is 0.421 e. The molecule has 2 fully saturated rings. The number of amides is 1. The van der Waals surface area contributed by atoms with Crippen molar-refractivity contribution < 1.29 is 31.5 Å². The third-order valence-electron chi connectivity index (χ3n) is 7.35. The number of hydrogen-bond acceptors (Lipinski definition) is 8. The number of fused-ring (bicyclic) bond motifs is 2. The highest BCUT2D eigenvalue weighted by atomic mass is 19.4. The summed E-state index contributed by atoms with van der Waals surface area (Å²) in [6.07, 6.45) is -4.23. The van der Waals surface area contributed by atoms with Gasteiger partial charge in [0, 0.05) is 50.7 Å². The van der Waals surface area contributed by atoms with E-state index in [0.717, 1.165) is 26.2 Å². The largest absolute Gasteiger partial charge is 0.433 e. The van der Waals surface area contributed by atoms with Crippen molar-refractivity contribution in [3.8, 4) is 5.75 Å². The minimum absolute atomic E-state index is 0.0517. The average Bonchev–Trinajstić information content (AvgIpc) is 3.60. The van der Waals surface area contributed by atoms with Crippen LogP contribution in [0.1, 0.15) is 21.5 Å². The molecule has 0 aliphatic carbocycles. The molecule has 9 nitrogen and oxygen atoms in total. The van der Waals surface area contributed by atoms with E-state index in [0.29, 0.717) is 29.3 Å². The number of rotatable bonds is 7. The normalized spacial score (nSPS) is 19.9. The molecule has 1 amide bonds. The second-order valence-corrected chi connectivity index (χ2v) is 9.87. The van der Waals surface area contributed by atoms with Crippen LogP contribution in [-0.2, 0) is 12.7 Å². The summed E-state index contributed by atoms with van der Waals surface area (Å²) in [4.78, 5) is 22.1. The van der Waals surface area contributed by atoms with Gasteiger partial charge in [0.2, 0.25) is 5.95 Å². The second kappa shape index (κ2) is 10.1. The molecule has 40 heavy (non-hydrogen) atoms. The van der Waals surface area contributed by atoms with Crippen LogP contribution >= 0.6 is 0 Å². The number of halogens is 5. The number of alkyl halides is 5. The first kappa shape index (κ1) is 26.0. The number of aromatic nitrogens is 2. The van der Waals surface area contributed by atoms with Gasteiger partial charge in [-0.1, -0.05) is 12.1 Å². The Bertz CT molecular complexity index is 1440. The summed E-state index contributed by atoms with van der Waals surface area (Å²) in [6.45, 7) is 0.479. The van der Waals surface area contributed by atoms with Gasteiger partial charge < -0.3 is 30.9 Å². The van der Waals surface area contributed by atoms with Crippen LogP contribution in [0.3, 0.4) is 0 Å². The van der Waals surface area contributed by atoms with Crippen molar-refractivity contribution in [3.05, 3.63) is 59.3 Å². The molecular weight excluding hydrogens is 537 g/mol. The fourth-order valence-electron chi connectivity index (χ4n) is 5.45. The molecule has 3 aliphatic rings. The van der Waals surface area contributed by atoms with E-state index in [1.165, 1.54) is 18.2 Å². The molecule has 1 aromatic heterocycles. The van der Waals surface area contributed by atoms with E-state index in [1.54, 1.807) is 18.2 Å². The third kappa shape index (κ3) is 5.06. The first-order valence-electron chi connectivity index (χ1n) is 12.6. The highest BCUT2D eigenvalue weighted by molar-refractivity contribution is 6.04. The van der Waals surface area contributed by atoms with Gasteiger partial charge in [0.15, 0.2) is 5.75 Å². The first-order valence-corrected chi connectivity index (χ1v) is 12.6. The zero-order valence-corrected chi connectivity index (χ0v) is 20.9. The van der Waals surface area contributed by atoms with E-state index in [-0.39, 0.29) is 35.2 Å². The summed E-state index contributed by atoms with van der Waals surface area (Å²) in [5, 5.41) is 11.3. The van der Waals surface area contributed by atoms with E-state index in [9.17, 15) is 26.7 Å². The molecule has 3 aliphatic heterocycles. The Morgan fingerprint density at radius 2 is 1.82 bits per heavy atom. The minimum atomic E-state index is -4.81. The molecule has 4 heterocycles. The fraction of sp³-hybridized carbons (Fsp3) is 0.346. The standard InChI is InChI=1S/C26H24F5N7O2/c27-24(28)40-20-6-16(38-11-14-7-32-8-15(14)12-38)4-5-18(20)36-25-34-10-17(26(29,30)31)22(37-25)35-19-3-1-2-13-9-33-23(39)21(13)19/h1-6,10,14-15,24,32H,7-9,11-12H2,(H,33,39)(H2,34,35,36,37)/t14-,15+. The Morgan fingerprint density at radius 1 is 1.05 bits per heavy atom. The van der Waals surface area contributed by atoms with Crippen LogP contribution in [0.5, 0.6) is 5.75 Å². The highest BCUT2D eigenvalue weighted by Crippen LogP contribution is 2.39. The molecule has 2 saturated heterocycles. The van der Waals surface area contributed by atoms with Crippen molar-refractivity contribution >= 4 is 34.7 Å². The van der Waals surface area contributed by atoms with Crippen molar-refractivity contribution in [1.82, 2.24) is 20.6 Å². The number of hydrogen-bond donors (Lipinski definition) is 4. The summed E-state index contributed by atoms with van der Waals surface area (Å²) < 4.78 is 72.8. The maximum atomic E-state index is 13.8. The molecule has 2 aromatic carbocycles. The van der Waals surface area contributed by atoms with Gasteiger partial charge in [0.05, 0.1) is 16.9 Å². The Hall–Kier alpha value is -4.20. The maximum absolute atomic E-state index is 13.8. The lowest BCUT2D eigenvalue weighted by Crippen LogP contribution is -2.25. The van der Waals surface area contributed by atoms with Gasteiger partial charge in [0.1, 0.15) is 11.4 Å². The lowest BCUT2D eigenvalue weighted by Gasteiger charge is -2.22. The zero-order valence-electron chi connectivity index (χ0n) is 20.9. The van der Waals surface area contributed by atoms with Crippen LogP contribution in [0.25, 0.3) is 0 Å². The third-order valence-corrected chi connectivity index (χ3v) is 7.35. The van der Waals surface area contributed by atoms with Gasteiger partial charge in [-0.2, -0.15) is 26.9 Å². The van der Waals surface area contributed by atoms with Crippen molar-refractivity contribution in [2.45, 2.75) is 19.3 Å². The van der Waals surface area contributed by atoms with Gasteiger partial charge in [-0.15, -0.1) is 0 Å². The number of carbonyl (C=O) groups is 1. The molecule has 3 aromatic rings. The van der Waals surface area contributed by atoms with Crippen molar-refractivity contribution in [1.29, 1.82) is 0 Å². The van der Waals surface area contributed by atoms with Crippen LogP contribution in [0.15, 0.2) is 42.6 Å². The molecule has 0 radical (unpaired) electrons. The summed E-state index contributed by atoms with van der Waals surface area (Å²) in [5.41, 5.74) is 0.566. The van der Waals surface area contributed by atoms with Crippen molar-refractivity contribution in [3.63, 3.8) is 0 Å². The number of anilines is 5. The zero-order chi connectivity index (χ0) is 28.0. The molecule has 2 atom stereocenters. The fourth-order valence-corrected chi connectivity index (χ4v) is 5.45. The molecule has 210 valence electrons. The van der Waals surface area contributed by atoms with Gasteiger partial charge in [0.25, 0.3) is 5.91 Å². The number of benzene rings is 2. The van der Waals surface area contributed by atoms with Crippen LogP contribution in [0.2, 0.25) is 0 Å². The second-order valence-electron chi connectivity index (χ2n) is 9.87. The summed E-state index contributed by atoms with van der Waals surface area (Å²) >= 11 is 0.